The lowest BCUT2D eigenvalue weighted by atomic mass is 10.1. The quantitative estimate of drug-likeness (QED) is 0.448. The van der Waals surface area contributed by atoms with E-state index in [0.29, 0.717) is 10.8 Å². The molecule has 0 aliphatic rings. The van der Waals surface area contributed by atoms with Crippen LogP contribution in [-0.4, -0.2) is 17.3 Å². The molecule has 2 rings (SSSR count). The molecule has 21 heavy (non-hydrogen) atoms. The zero-order chi connectivity index (χ0) is 15.4. The van der Waals surface area contributed by atoms with Gasteiger partial charge in [-0.05, 0) is 18.2 Å². The van der Waals surface area contributed by atoms with E-state index >= 15 is 0 Å². The van der Waals surface area contributed by atoms with Gasteiger partial charge < -0.3 is 4.74 Å². The van der Waals surface area contributed by atoms with Crippen molar-refractivity contribution >= 4 is 39.0 Å². The predicted octanol–water partition coefficient (Wildman–Crippen LogP) is 4.27. The van der Waals surface area contributed by atoms with E-state index in [1.807, 2.05) is 0 Å². The summed E-state index contributed by atoms with van der Waals surface area (Å²) >= 11 is 9.23. The standard InChI is InChI=1S/C14H9BrClNO4/c15-10-4-5-14(12(16)7-10)21-8-13(18)9-2-1-3-11(6-9)17(19)20/h1-7H,8H2. The van der Waals surface area contributed by atoms with Crippen molar-refractivity contribution in [1.29, 1.82) is 0 Å². The monoisotopic (exact) mass is 369 g/mol. The third-order valence-corrected chi connectivity index (χ3v) is 3.42. The third kappa shape index (κ3) is 4.03. The molecule has 0 bridgehead atoms. The molecule has 0 spiro atoms. The van der Waals surface area contributed by atoms with Crippen LogP contribution in [0.1, 0.15) is 10.4 Å². The highest BCUT2D eigenvalue weighted by atomic mass is 79.9. The average molecular weight is 371 g/mol. The molecule has 2 aromatic rings. The normalized spacial score (nSPS) is 10.2. The van der Waals surface area contributed by atoms with Gasteiger partial charge in [0.25, 0.3) is 5.69 Å². The van der Waals surface area contributed by atoms with Crippen LogP contribution in [-0.2, 0) is 0 Å². The predicted molar refractivity (Wildman–Crippen MR) is 82.1 cm³/mol. The molecule has 0 saturated carbocycles. The summed E-state index contributed by atoms with van der Waals surface area (Å²) < 4.78 is 6.13. The molecule has 7 heteroatoms. The van der Waals surface area contributed by atoms with Gasteiger partial charge in [0.05, 0.1) is 9.95 Å². The molecule has 0 atom stereocenters. The Bertz CT molecular complexity index is 705. The van der Waals surface area contributed by atoms with Crippen molar-refractivity contribution in [3.8, 4) is 5.75 Å². The molecule has 5 nitrogen and oxygen atoms in total. The Balaban J connectivity index is 2.08. The summed E-state index contributed by atoms with van der Waals surface area (Å²) in [6.07, 6.45) is 0. The molecule has 0 saturated heterocycles. The summed E-state index contributed by atoms with van der Waals surface area (Å²) in [4.78, 5) is 22.1. The number of Topliss-reactive ketones (excluding diaryl/α,β-unsaturated/α-hetero) is 1. The van der Waals surface area contributed by atoms with Crippen molar-refractivity contribution in [2.45, 2.75) is 0 Å². The Morgan fingerprint density at radius 3 is 2.71 bits per heavy atom. The minimum absolute atomic E-state index is 0.137. The van der Waals surface area contributed by atoms with E-state index in [1.54, 1.807) is 18.2 Å². The Morgan fingerprint density at radius 1 is 1.29 bits per heavy atom. The highest BCUT2D eigenvalue weighted by Gasteiger charge is 2.13. The van der Waals surface area contributed by atoms with E-state index in [-0.39, 0.29) is 23.6 Å². The summed E-state index contributed by atoms with van der Waals surface area (Å²) in [7, 11) is 0. The van der Waals surface area contributed by atoms with Gasteiger partial charge in [-0.1, -0.05) is 39.7 Å². The average Bonchev–Trinajstić information content (AvgIpc) is 2.46. The van der Waals surface area contributed by atoms with Crippen LogP contribution in [0.4, 0.5) is 5.69 Å². The number of ether oxygens (including phenoxy) is 1. The Kier molecular flexibility index (Phi) is 4.93. The number of halogens is 2. The first-order valence-corrected chi connectivity index (χ1v) is 7.00. The highest BCUT2D eigenvalue weighted by Crippen LogP contribution is 2.27. The van der Waals surface area contributed by atoms with E-state index in [2.05, 4.69) is 15.9 Å². The van der Waals surface area contributed by atoms with Gasteiger partial charge in [-0.15, -0.1) is 0 Å². The van der Waals surface area contributed by atoms with Crippen LogP contribution in [0.3, 0.4) is 0 Å². The van der Waals surface area contributed by atoms with Gasteiger partial charge in [-0.25, -0.2) is 0 Å². The van der Waals surface area contributed by atoms with Gasteiger partial charge in [0, 0.05) is 22.2 Å². The number of hydrogen-bond donors (Lipinski definition) is 0. The van der Waals surface area contributed by atoms with E-state index in [9.17, 15) is 14.9 Å². The number of carbonyl (C=O) groups excluding carboxylic acids is 1. The molecule has 0 N–H and O–H groups in total. The van der Waals surface area contributed by atoms with E-state index < -0.39 is 4.92 Å². The smallest absolute Gasteiger partial charge is 0.270 e. The van der Waals surface area contributed by atoms with Crippen LogP contribution in [0.15, 0.2) is 46.9 Å². The molecular weight excluding hydrogens is 362 g/mol. The first kappa shape index (κ1) is 15.5. The first-order valence-electron chi connectivity index (χ1n) is 5.83. The topological polar surface area (TPSA) is 69.4 Å². The lowest BCUT2D eigenvalue weighted by Crippen LogP contribution is -2.12. The van der Waals surface area contributed by atoms with Crippen molar-refractivity contribution in [2.24, 2.45) is 0 Å². The van der Waals surface area contributed by atoms with E-state index in [0.717, 1.165) is 4.47 Å². The lowest BCUT2D eigenvalue weighted by Gasteiger charge is -2.07. The molecule has 0 aliphatic carbocycles. The molecule has 0 radical (unpaired) electrons. The second-order valence-corrected chi connectivity index (χ2v) is 5.42. The molecule has 0 aromatic heterocycles. The number of nitrogens with zero attached hydrogens (tertiary/aromatic N) is 1. The van der Waals surface area contributed by atoms with Crippen LogP contribution >= 0.6 is 27.5 Å². The summed E-state index contributed by atoms with van der Waals surface area (Å²) in [6.45, 7) is -0.248. The zero-order valence-electron chi connectivity index (χ0n) is 10.6. The van der Waals surface area contributed by atoms with Crippen LogP contribution in [0, 0.1) is 10.1 Å². The van der Waals surface area contributed by atoms with Gasteiger partial charge in [0.2, 0.25) is 0 Å². The van der Waals surface area contributed by atoms with Crippen LogP contribution in [0.2, 0.25) is 5.02 Å². The number of nitro groups is 1. The maximum Gasteiger partial charge on any atom is 0.270 e. The van der Waals surface area contributed by atoms with Crippen LogP contribution in [0.25, 0.3) is 0 Å². The van der Waals surface area contributed by atoms with Gasteiger partial charge >= 0.3 is 0 Å². The maximum atomic E-state index is 12.0. The Labute approximate surface area is 133 Å². The Hall–Kier alpha value is -1.92. The summed E-state index contributed by atoms with van der Waals surface area (Å²) in [5, 5.41) is 11.0. The molecule has 0 unspecified atom stereocenters. The molecular formula is C14H9BrClNO4. The zero-order valence-corrected chi connectivity index (χ0v) is 12.9. The van der Waals surface area contributed by atoms with Gasteiger partial charge in [-0.3, -0.25) is 14.9 Å². The molecule has 0 aliphatic heterocycles. The fourth-order valence-corrected chi connectivity index (χ4v) is 2.34. The molecule has 108 valence electrons. The third-order valence-electron chi connectivity index (χ3n) is 2.63. The van der Waals surface area contributed by atoms with Crippen LogP contribution in [0.5, 0.6) is 5.75 Å². The molecule has 0 heterocycles. The van der Waals surface area contributed by atoms with Gasteiger partial charge in [0.15, 0.2) is 12.4 Å². The summed E-state index contributed by atoms with van der Waals surface area (Å²) in [5.74, 6) is 0.0105. The van der Waals surface area contributed by atoms with E-state index in [4.69, 9.17) is 16.3 Å². The van der Waals surface area contributed by atoms with Gasteiger partial charge in [0.1, 0.15) is 5.75 Å². The number of hydrogen-bond acceptors (Lipinski definition) is 4. The van der Waals surface area contributed by atoms with Crippen molar-refractivity contribution < 1.29 is 14.5 Å². The first-order chi connectivity index (χ1) is 9.97. The second-order valence-electron chi connectivity index (χ2n) is 4.09. The highest BCUT2D eigenvalue weighted by molar-refractivity contribution is 9.10. The largest absolute Gasteiger partial charge is 0.484 e. The summed E-state index contributed by atoms with van der Waals surface area (Å²) in [6, 6.07) is 10.5. The second kappa shape index (κ2) is 6.69. The van der Waals surface area contributed by atoms with Crippen molar-refractivity contribution in [2.75, 3.05) is 6.61 Å². The maximum absolute atomic E-state index is 12.0. The fourth-order valence-electron chi connectivity index (χ4n) is 1.61. The minimum atomic E-state index is -0.552. The minimum Gasteiger partial charge on any atom is -0.484 e. The van der Waals surface area contributed by atoms with Crippen molar-refractivity contribution in [3.63, 3.8) is 0 Å². The van der Waals surface area contributed by atoms with E-state index in [1.165, 1.54) is 24.3 Å². The number of carbonyl (C=O) groups is 1. The molecule has 0 amide bonds. The number of ketones is 1. The van der Waals surface area contributed by atoms with Crippen LogP contribution < -0.4 is 4.74 Å². The number of rotatable bonds is 5. The van der Waals surface area contributed by atoms with Crippen molar-refractivity contribution in [1.82, 2.24) is 0 Å². The fraction of sp³-hybridized carbons (Fsp3) is 0.0714. The SMILES string of the molecule is O=C(COc1ccc(Br)cc1Cl)c1cccc([N+](=O)[O-])c1. The lowest BCUT2D eigenvalue weighted by molar-refractivity contribution is -0.384. The summed E-state index contributed by atoms with van der Waals surface area (Å²) in [5.41, 5.74) is 0.0833. The number of non-ortho nitro benzene ring substituents is 1. The molecule has 2 aromatic carbocycles. The number of benzene rings is 2. The number of nitro benzene ring substituents is 1. The van der Waals surface area contributed by atoms with Gasteiger partial charge in [-0.2, -0.15) is 0 Å². The Morgan fingerprint density at radius 2 is 2.05 bits per heavy atom. The molecule has 0 fully saturated rings. The van der Waals surface area contributed by atoms with Crippen molar-refractivity contribution in [3.05, 3.63) is 67.6 Å².